The van der Waals surface area contributed by atoms with Crippen LogP contribution in [0.15, 0.2) is 67.0 Å². The molecule has 0 aliphatic carbocycles. The van der Waals surface area contributed by atoms with Crippen molar-refractivity contribution in [3.05, 3.63) is 83.7 Å². The summed E-state index contributed by atoms with van der Waals surface area (Å²) in [5, 5.41) is 12.6. The van der Waals surface area contributed by atoms with Gasteiger partial charge in [0.1, 0.15) is 0 Å². The van der Waals surface area contributed by atoms with Crippen LogP contribution in [-0.4, -0.2) is 16.1 Å². The molecule has 0 radical (unpaired) electrons. The Kier molecular flexibility index (Phi) is 4.80. The first kappa shape index (κ1) is 16.7. The molecule has 0 spiro atoms. The topological polar surface area (TPSA) is 62.2 Å². The predicted octanol–water partition coefficient (Wildman–Crippen LogP) is 4.93. The van der Waals surface area contributed by atoms with Gasteiger partial charge < -0.3 is 10.4 Å². The quantitative estimate of drug-likeness (QED) is 0.695. The van der Waals surface area contributed by atoms with E-state index in [0.29, 0.717) is 0 Å². The Labute approximate surface area is 147 Å². The molecule has 126 valence electrons. The van der Waals surface area contributed by atoms with Gasteiger partial charge in [-0.2, -0.15) is 0 Å². The van der Waals surface area contributed by atoms with Gasteiger partial charge in [0.25, 0.3) is 0 Å². The summed E-state index contributed by atoms with van der Waals surface area (Å²) in [4.78, 5) is 15.5. The zero-order valence-corrected chi connectivity index (χ0v) is 14.2. The number of aromatic nitrogens is 1. The number of benzene rings is 2. The van der Waals surface area contributed by atoms with Gasteiger partial charge in [0.15, 0.2) is 0 Å². The maximum atomic E-state index is 11.2. The average Bonchev–Trinajstić information content (AvgIpc) is 2.64. The van der Waals surface area contributed by atoms with Crippen molar-refractivity contribution in [3.63, 3.8) is 0 Å². The molecule has 0 aliphatic rings. The molecule has 2 aromatic carbocycles. The monoisotopic (exact) mass is 332 g/mol. The van der Waals surface area contributed by atoms with Crippen LogP contribution in [0.25, 0.3) is 11.1 Å². The van der Waals surface area contributed by atoms with E-state index in [2.05, 4.69) is 28.5 Å². The van der Waals surface area contributed by atoms with Crippen LogP contribution in [0.2, 0.25) is 0 Å². The molecule has 0 saturated carbocycles. The fraction of sp³-hybridized carbons (Fsp3) is 0.143. The van der Waals surface area contributed by atoms with Crippen LogP contribution in [0.3, 0.4) is 0 Å². The molecule has 0 aliphatic heterocycles. The van der Waals surface area contributed by atoms with E-state index in [4.69, 9.17) is 0 Å². The third-order valence-electron chi connectivity index (χ3n) is 4.22. The summed E-state index contributed by atoms with van der Waals surface area (Å²) in [5.41, 5.74) is 5.32. The van der Waals surface area contributed by atoms with Crippen molar-refractivity contribution in [2.75, 3.05) is 5.32 Å². The fourth-order valence-electron chi connectivity index (χ4n) is 2.71. The summed E-state index contributed by atoms with van der Waals surface area (Å²) in [6, 6.07) is 17.3. The minimum absolute atomic E-state index is 0.00101. The molecular weight excluding hydrogens is 312 g/mol. The van der Waals surface area contributed by atoms with Gasteiger partial charge >= 0.3 is 5.97 Å². The van der Waals surface area contributed by atoms with Crippen LogP contribution in [0, 0.1) is 6.92 Å². The summed E-state index contributed by atoms with van der Waals surface area (Å²) in [7, 11) is 0. The third-order valence-corrected chi connectivity index (χ3v) is 4.22. The van der Waals surface area contributed by atoms with Gasteiger partial charge in [0, 0.05) is 23.6 Å². The van der Waals surface area contributed by atoms with E-state index in [1.165, 1.54) is 0 Å². The summed E-state index contributed by atoms with van der Waals surface area (Å²) < 4.78 is 0. The Morgan fingerprint density at radius 2 is 1.80 bits per heavy atom. The van der Waals surface area contributed by atoms with Crippen molar-refractivity contribution < 1.29 is 9.90 Å². The molecule has 0 bridgehead atoms. The largest absolute Gasteiger partial charge is 0.478 e. The van der Waals surface area contributed by atoms with Gasteiger partial charge in [-0.15, -0.1) is 0 Å². The Morgan fingerprint density at radius 1 is 1.04 bits per heavy atom. The minimum Gasteiger partial charge on any atom is -0.478 e. The van der Waals surface area contributed by atoms with Crippen LogP contribution in [0.1, 0.15) is 34.5 Å². The van der Waals surface area contributed by atoms with Gasteiger partial charge in [-0.1, -0.05) is 36.4 Å². The van der Waals surface area contributed by atoms with Gasteiger partial charge in [0.2, 0.25) is 0 Å². The minimum atomic E-state index is -0.927. The zero-order valence-electron chi connectivity index (χ0n) is 14.2. The number of nitrogens with zero attached hydrogens (tertiary/aromatic N) is 1. The molecule has 4 heteroatoms. The van der Waals surface area contributed by atoms with Crippen molar-refractivity contribution >= 4 is 11.7 Å². The first-order valence-corrected chi connectivity index (χ1v) is 8.15. The standard InChI is InChI=1S/C21H20N2O2/c1-14-8-9-17(21(24)25)11-20(14)23-15(2)18-10-19(13-22-12-18)16-6-4-3-5-7-16/h3-13,15,23H,1-2H3,(H,24,25)/t15-/m0/s1. The number of pyridine rings is 1. The molecule has 3 rings (SSSR count). The number of carboxylic acid groups (broad SMARTS) is 1. The highest BCUT2D eigenvalue weighted by Crippen LogP contribution is 2.26. The van der Waals surface area contributed by atoms with E-state index in [1.54, 1.807) is 12.1 Å². The van der Waals surface area contributed by atoms with E-state index in [0.717, 1.165) is 27.9 Å². The Morgan fingerprint density at radius 3 is 2.52 bits per heavy atom. The number of aromatic carboxylic acids is 1. The third kappa shape index (κ3) is 3.86. The number of rotatable bonds is 5. The van der Waals surface area contributed by atoms with Crippen LogP contribution in [-0.2, 0) is 0 Å². The van der Waals surface area contributed by atoms with E-state index < -0.39 is 5.97 Å². The second kappa shape index (κ2) is 7.18. The van der Waals surface area contributed by atoms with E-state index in [9.17, 15) is 9.90 Å². The highest BCUT2D eigenvalue weighted by atomic mass is 16.4. The lowest BCUT2D eigenvalue weighted by Crippen LogP contribution is -2.09. The molecule has 2 N–H and O–H groups in total. The highest BCUT2D eigenvalue weighted by molar-refractivity contribution is 5.89. The molecule has 3 aromatic rings. The lowest BCUT2D eigenvalue weighted by Gasteiger charge is -2.18. The number of carbonyl (C=O) groups is 1. The average molecular weight is 332 g/mol. The van der Waals surface area contributed by atoms with Gasteiger partial charge in [-0.05, 0) is 48.7 Å². The molecule has 0 fully saturated rings. The number of carboxylic acids is 1. The lowest BCUT2D eigenvalue weighted by molar-refractivity contribution is 0.0697. The van der Waals surface area contributed by atoms with Crippen LogP contribution >= 0.6 is 0 Å². The molecule has 1 atom stereocenters. The predicted molar refractivity (Wildman–Crippen MR) is 99.8 cm³/mol. The number of hydrogen-bond acceptors (Lipinski definition) is 3. The number of aryl methyl sites for hydroxylation is 1. The van der Waals surface area contributed by atoms with Crippen molar-refractivity contribution in [1.82, 2.24) is 4.98 Å². The number of hydrogen-bond donors (Lipinski definition) is 2. The molecule has 25 heavy (non-hydrogen) atoms. The Balaban J connectivity index is 1.86. The van der Waals surface area contributed by atoms with E-state index in [-0.39, 0.29) is 11.6 Å². The second-order valence-electron chi connectivity index (χ2n) is 6.07. The van der Waals surface area contributed by atoms with Gasteiger partial charge in [0.05, 0.1) is 11.6 Å². The summed E-state index contributed by atoms with van der Waals surface area (Å²) in [5.74, 6) is -0.927. The van der Waals surface area contributed by atoms with Crippen LogP contribution < -0.4 is 5.32 Å². The normalized spacial score (nSPS) is 11.8. The fourth-order valence-corrected chi connectivity index (χ4v) is 2.71. The van der Waals surface area contributed by atoms with Crippen molar-refractivity contribution in [2.24, 2.45) is 0 Å². The first-order chi connectivity index (χ1) is 12.0. The summed E-state index contributed by atoms with van der Waals surface area (Å²) >= 11 is 0. The van der Waals surface area contributed by atoms with E-state index >= 15 is 0 Å². The van der Waals surface area contributed by atoms with Gasteiger partial charge in [-0.25, -0.2) is 4.79 Å². The molecule has 1 heterocycles. The van der Waals surface area contributed by atoms with E-state index in [1.807, 2.05) is 50.5 Å². The lowest BCUT2D eigenvalue weighted by atomic mass is 10.0. The van der Waals surface area contributed by atoms with Crippen LogP contribution in [0.4, 0.5) is 5.69 Å². The Bertz CT molecular complexity index is 891. The van der Waals surface area contributed by atoms with Crippen molar-refractivity contribution in [3.8, 4) is 11.1 Å². The van der Waals surface area contributed by atoms with Gasteiger partial charge in [-0.3, -0.25) is 4.98 Å². The number of anilines is 1. The summed E-state index contributed by atoms with van der Waals surface area (Å²) in [6.07, 6.45) is 3.68. The smallest absolute Gasteiger partial charge is 0.335 e. The van der Waals surface area contributed by atoms with Crippen LogP contribution in [0.5, 0.6) is 0 Å². The second-order valence-corrected chi connectivity index (χ2v) is 6.07. The summed E-state index contributed by atoms with van der Waals surface area (Å²) in [6.45, 7) is 4.00. The highest BCUT2D eigenvalue weighted by Gasteiger charge is 2.11. The molecule has 0 saturated heterocycles. The maximum absolute atomic E-state index is 11.2. The SMILES string of the molecule is Cc1ccc(C(=O)O)cc1N[C@@H](C)c1cncc(-c2ccccc2)c1. The van der Waals surface area contributed by atoms with Crippen molar-refractivity contribution in [2.45, 2.75) is 19.9 Å². The molecule has 1 aromatic heterocycles. The maximum Gasteiger partial charge on any atom is 0.335 e. The molecule has 0 amide bonds. The molecule has 0 unspecified atom stereocenters. The Hall–Kier alpha value is -3.14. The molecule has 4 nitrogen and oxygen atoms in total. The van der Waals surface area contributed by atoms with Crippen molar-refractivity contribution in [1.29, 1.82) is 0 Å². The molecular formula is C21H20N2O2. The number of nitrogens with one attached hydrogen (secondary N) is 1. The zero-order chi connectivity index (χ0) is 17.8. The first-order valence-electron chi connectivity index (χ1n) is 8.15.